The maximum absolute atomic E-state index is 12.9. The molecule has 0 aromatic carbocycles. The molecule has 0 fully saturated rings. The summed E-state index contributed by atoms with van der Waals surface area (Å²) in [7, 11) is 2.70. The molecule has 0 N–H and O–H groups in total. The van der Waals surface area contributed by atoms with Crippen molar-refractivity contribution in [1.82, 2.24) is 14.8 Å². The Kier molecular flexibility index (Phi) is 4.15. The molecule has 3 rings (SSSR count). The van der Waals surface area contributed by atoms with E-state index in [1.807, 2.05) is 6.92 Å². The number of hydrogen-bond donors (Lipinski definition) is 0. The van der Waals surface area contributed by atoms with Crippen LogP contribution in [0.5, 0.6) is 5.88 Å². The summed E-state index contributed by atoms with van der Waals surface area (Å²) in [5.74, 6) is -0.388. The lowest BCUT2D eigenvalue weighted by Gasteiger charge is -2.31. The van der Waals surface area contributed by atoms with Gasteiger partial charge in [-0.25, -0.2) is 4.79 Å². The summed E-state index contributed by atoms with van der Waals surface area (Å²) in [6.07, 6.45) is 1.34. The van der Waals surface area contributed by atoms with Crippen molar-refractivity contribution in [3.8, 4) is 5.88 Å². The second-order valence-corrected chi connectivity index (χ2v) is 5.68. The van der Waals surface area contributed by atoms with Crippen molar-refractivity contribution in [3.63, 3.8) is 0 Å². The van der Waals surface area contributed by atoms with E-state index in [1.165, 1.54) is 30.0 Å². The molecule has 2 aromatic heterocycles. The number of amides is 1. The number of ether oxygens (including phenoxy) is 2. The molecule has 0 saturated carbocycles. The van der Waals surface area contributed by atoms with Gasteiger partial charge < -0.3 is 9.47 Å². The van der Waals surface area contributed by atoms with E-state index in [-0.39, 0.29) is 29.1 Å². The normalized spacial score (nSPS) is 16.8. The van der Waals surface area contributed by atoms with Gasteiger partial charge in [-0.15, -0.1) is 0 Å². The van der Waals surface area contributed by atoms with E-state index < -0.39 is 5.97 Å². The summed E-state index contributed by atoms with van der Waals surface area (Å²) in [6, 6.07) is 3.09. The molecular formula is C15H15ClN4O4. The van der Waals surface area contributed by atoms with Gasteiger partial charge in [-0.1, -0.05) is 11.6 Å². The van der Waals surface area contributed by atoms with Crippen molar-refractivity contribution in [2.24, 2.45) is 0 Å². The number of carbonyl (C=O) groups is 2. The van der Waals surface area contributed by atoms with Crippen molar-refractivity contribution in [3.05, 3.63) is 34.6 Å². The van der Waals surface area contributed by atoms with E-state index in [9.17, 15) is 9.59 Å². The lowest BCUT2D eigenvalue weighted by Crippen LogP contribution is -2.43. The highest BCUT2D eigenvalue weighted by molar-refractivity contribution is 6.31. The highest BCUT2D eigenvalue weighted by atomic mass is 35.5. The van der Waals surface area contributed by atoms with Crippen molar-refractivity contribution in [1.29, 1.82) is 0 Å². The van der Waals surface area contributed by atoms with Gasteiger partial charge in [0.05, 0.1) is 26.5 Å². The van der Waals surface area contributed by atoms with Gasteiger partial charge >= 0.3 is 5.97 Å². The van der Waals surface area contributed by atoms with Crippen molar-refractivity contribution < 1.29 is 19.1 Å². The summed E-state index contributed by atoms with van der Waals surface area (Å²) in [4.78, 5) is 30.5. The molecule has 8 nitrogen and oxygen atoms in total. The van der Waals surface area contributed by atoms with Crippen LogP contribution in [0.4, 0.5) is 5.82 Å². The maximum Gasteiger partial charge on any atom is 0.341 e. The zero-order valence-corrected chi connectivity index (χ0v) is 14.1. The molecule has 126 valence electrons. The minimum absolute atomic E-state index is 0.125. The van der Waals surface area contributed by atoms with Gasteiger partial charge in [0.1, 0.15) is 22.1 Å². The number of aromatic nitrogens is 3. The molecule has 0 bridgehead atoms. The maximum atomic E-state index is 12.9. The molecule has 9 heteroatoms. The van der Waals surface area contributed by atoms with Crippen molar-refractivity contribution >= 4 is 29.3 Å². The van der Waals surface area contributed by atoms with Crippen LogP contribution in [0.2, 0.25) is 5.02 Å². The zero-order chi connectivity index (χ0) is 17.4. The van der Waals surface area contributed by atoms with E-state index in [1.54, 1.807) is 12.1 Å². The Labute approximate surface area is 142 Å². The predicted molar refractivity (Wildman–Crippen MR) is 85.8 cm³/mol. The topological polar surface area (TPSA) is 86.5 Å². The SMILES string of the molecule is COC(=O)c1cnn2c1C(=O)N(c1ccc(Cl)c(OC)n1)C[C@@H]2C. The molecule has 0 unspecified atom stereocenters. The molecule has 24 heavy (non-hydrogen) atoms. The first kappa shape index (κ1) is 16.3. The van der Waals surface area contributed by atoms with Crippen LogP contribution in [0.3, 0.4) is 0 Å². The van der Waals surface area contributed by atoms with Crippen LogP contribution in [0.1, 0.15) is 33.8 Å². The van der Waals surface area contributed by atoms with Gasteiger partial charge in [-0.2, -0.15) is 10.1 Å². The van der Waals surface area contributed by atoms with E-state index in [4.69, 9.17) is 21.1 Å². The van der Waals surface area contributed by atoms with Gasteiger partial charge in [-0.3, -0.25) is 14.4 Å². The number of nitrogens with zero attached hydrogens (tertiary/aromatic N) is 4. The molecule has 1 atom stereocenters. The molecule has 0 spiro atoms. The Morgan fingerprint density at radius 3 is 2.79 bits per heavy atom. The summed E-state index contributed by atoms with van der Waals surface area (Å²) in [5.41, 5.74) is 0.302. The molecule has 1 amide bonds. The third kappa shape index (κ3) is 2.48. The van der Waals surface area contributed by atoms with Crippen LogP contribution < -0.4 is 9.64 Å². The summed E-state index contributed by atoms with van der Waals surface area (Å²) < 4.78 is 11.3. The third-order valence-corrected chi connectivity index (χ3v) is 4.07. The van der Waals surface area contributed by atoms with Crippen LogP contribution >= 0.6 is 11.6 Å². The van der Waals surface area contributed by atoms with E-state index in [0.717, 1.165) is 0 Å². The molecule has 0 aliphatic carbocycles. The minimum atomic E-state index is -0.611. The summed E-state index contributed by atoms with van der Waals surface area (Å²) in [5, 5.41) is 4.48. The van der Waals surface area contributed by atoms with Gasteiger partial charge in [0.25, 0.3) is 5.91 Å². The van der Waals surface area contributed by atoms with Crippen molar-refractivity contribution in [2.45, 2.75) is 13.0 Å². The average molecular weight is 351 g/mol. The molecular weight excluding hydrogens is 336 g/mol. The number of hydrogen-bond acceptors (Lipinski definition) is 6. The molecule has 0 saturated heterocycles. The number of pyridine rings is 1. The lowest BCUT2D eigenvalue weighted by atomic mass is 10.1. The number of esters is 1. The van der Waals surface area contributed by atoms with Gasteiger partial charge in [-0.05, 0) is 19.1 Å². The number of halogens is 1. The summed E-state index contributed by atoms with van der Waals surface area (Å²) in [6.45, 7) is 2.25. The Morgan fingerprint density at radius 2 is 2.12 bits per heavy atom. The predicted octanol–water partition coefficient (Wildman–Crippen LogP) is 1.95. The number of carbonyl (C=O) groups excluding carboxylic acids is 2. The first-order valence-corrected chi connectivity index (χ1v) is 7.54. The van der Waals surface area contributed by atoms with Crippen LogP contribution in [0.25, 0.3) is 0 Å². The van der Waals surface area contributed by atoms with Crippen LogP contribution in [-0.4, -0.2) is 47.4 Å². The van der Waals surface area contributed by atoms with Crippen molar-refractivity contribution in [2.75, 3.05) is 25.7 Å². The molecule has 2 aromatic rings. The Morgan fingerprint density at radius 1 is 1.38 bits per heavy atom. The minimum Gasteiger partial charge on any atom is -0.480 e. The monoisotopic (exact) mass is 350 g/mol. The smallest absolute Gasteiger partial charge is 0.341 e. The summed E-state index contributed by atoms with van der Waals surface area (Å²) >= 11 is 5.98. The van der Waals surface area contributed by atoms with E-state index >= 15 is 0 Å². The van der Waals surface area contributed by atoms with Gasteiger partial charge in [0, 0.05) is 6.54 Å². The quantitative estimate of drug-likeness (QED) is 0.786. The Bertz CT molecular complexity index is 820. The average Bonchev–Trinajstić information content (AvgIpc) is 3.04. The second-order valence-electron chi connectivity index (χ2n) is 5.27. The highest BCUT2D eigenvalue weighted by Crippen LogP contribution is 2.30. The number of anilines is 1. The van der Waals surface area contributed by atoms with E-state index in [0.29, 0.717) is 17.4 Å². The molecule has 1 aliphatic rings. The highest BCUT2D eigenvalue weighted by Gasteiger charge is 2.36. The molecule has 3 heterocycles. The first-order valence-electron chi connectivity index (χ1n) is 7.16. The number of methoxy groups -OCH3 is 2. The van der Waals surface area contributed by atoms with Crippen LogP contribution in [0, 0.1) is 0 Å². The second kappa shape index (κ2) is 6.12. The largest absolute Gasteiger partial charge is 0.480 e. The van der Waals surface area contributed by atoms with E-state index in [2.05, 4.69) is 10.1 Å². The fraction of sp³-hybridized carbons (Fsp3) is 0.333. The number of fused-ring (bicyclic) bond motifs is 1. The van der Waals surface area contributed by atoms with Gasteiger partial charge in [0.2, 0.25) is 5.88 Å². The first-order chi connectivity index (χ1) is 11.5. The molecule has 1 aliphatic heterocycles. The standard InChI is InChI=1S/C15H15ClN4O4/c1-8-7-19(11-5-4-10(16)13(18-11)23-2)14(21)12-9(15(22)24-3)6-17-20(8)12/h4-6,8H,7H2,1-3H3/t8-/m0/s1. The van der Waals surface area contributed by atoms with Crippen LogP contribution in [-0.2, 0) is 4.74 Å². The Balaban J connectivity index is 2.06. The third-order valence-electron chi connectivity index (χ3n) is 3.78. The Hall–Kier alpha value is -2.61. The fourth-order valence-corrected chi connectivity index (χ4v) is 2.81. The van der Waals surface area contributed by atoms with Crippen LogP contribution in [0.15, 0.2) is 18.3 Å². The molecule has 0 radical (unpaired) electrons. The zero-order valence-electron chi connectivity index (χ0n) is 13.3. The van der Waals surface area contributed by atoms with Gasteiger partial charge in [0.15, 0.2) is 0 Å². The number of rotatable bonds is 3. The fourth-order valence-electron chi connectivity index (χ4n) is 2.63. The lowest BCUT2D eigenvalue weighted by molar-refractivity contribution is 0.0595.